The normalized spacial score (nSPS) is 24.8. The second-order valence-corrected chi connectivity index (χ2v) is 12.6. The molecule has 2 heterocycles. The molecule has 0 N–H and O–H groups in total. The van der Waals surface area contributed by atoms with Crippen LogP contribution in [0.3, 0.4) is 0 Å². The van der Waals surface area contributed by atoms with Crippen molar-refractivity contribution in [1.29, 1.82) is 0 Å². The summed E-state index contributed by atoms with van der Waals surface area (Å²) in [5.74, 6) is 1.38. The molecule has 3 atom stereocenters. The van der Waals surface area contributed by atoms with Crippen molar-refractivity contribution in [2.45, 2.75) is 62.1 Å². The molecule has 188 valence electrons. The Morgan fingerprint density at radius 1 is 1.06 bits per heavy atom. The van der Waals surface area contributed by atoms with Crippen LogP contribution in [0.15, 0.2) is 47.5 Å². The van der Waals surface area contributed by atoms with E-state index >= 15 is 0 Å². The third kappa shape index (κ3) is 5.54. The highest BCUT2D eigenvalue weighted by atomic mass is 32.2. The van der Waals surface area contributed by atoms with Gasteiger partial charge in [0, 0.05) is 43.7 Å². The molecule has 0 radical (unpaired) electrons. The smallest absolute Gasteiger partial charge is 0.410 e. The lowest BCUT2D eigenvalue weighted by molar-refractivity contribution is 0.0265. The van der Waals surface area contributed by atoms with Gasteiger partial charge in [-0.25, -0.2) is 13.2 Å². The summed E-state index contributed by atoms with van der Waals surface area (Å²) in [5.41, 5.74) is 2.84. The maximum atomic E-state index is 12.7. The second kappa shape index (κ2) is 9.90. The summed E-state index contributed by atoms with van der Waals surface area (Å²) in [6, 6.07) is 11.3. The summed E-state index contributed by atoms with van der Waals surface area (Å²) in [7, 11) is -1.07. The van der Waals surface area contributed by atoms with E-state index in [4.69, 9.17) is 4.74 Å². The molecule has 1 aromatic heterocycles. The summed E-state index contributed by atoms with van der Waals surface area (Å²) >= 11 is 0. The molecule has 8 heteroatoms. The molecule has 2 bridgehead atoms. The highest BCUT2D eigenvalue weighted by Gasteiger charge is 2.42. The Morgan fingerprint density at radius 2 is 1.80 bits per heavy atom. The summed E-state index contributed by atoms with van der Waals surface area (Å²) in [5, 5.41) is 0. The fraction of sp³-hybridized carbons (Fsp3) is 0.556. The van der Waals surface area contributed by atoms with Crippen molar-refractivity contribution in [1.82, 2.24) is 14.8 Å². The first-order valence-corrected chi connectivity index (χ1v) is 14.6. The number of aromatic nitrogens is 1. The molecule has 1 aromatic carbocycles. The van der Waals surface area contributed by atoms with E-state index in [-0.39, 0.29) is 12.2 Å². The molecule has 2 aromatic rings. The number of nitrogens with zero attached hydrogens (tertiary/aromatic N) is 3. The minimum absolute atomic E-state index is 0.118. The van der Waals surface area contributed by atoms with Crippen LogP contribution in [0.1, 0.15) is 44.1 Å². The second-order valence-electron chi connectivity index (χ2n) is 10.6. The van der Waals surface area contributed by atoms with Crippen LogP contribution in [0, 0.1) is 11.8 Å². The zero-order valence-corrected chi connectivity index (χ0v) is 21.4. The van der Waals surface area contributed by atoms with Crippen LogP contribution in [-0.4, -0.2) is 67.8 Å². The molecule has 1 aliphatic heterocycles. The molecular formula is C27H35N3O4S. The number of amides is 1. The fourth-order valence-electron chi connectivity index (χ4n) is 6.00. The van der Waals surface area contributed by atoms with Gasteiger partial charge in [-0.1, -0.05) is 18.2 Å². The van der Waals surface area contributed by atoms with Crippen molar-refractivity contribution in [2.75, 3.05) is 26.4 Å². The van der Waals surface area contributed by atoms with E-state index in [0.717, 1.165) is 61.6 Å². The molecule has 1 saturated heterocycles. The minimum Gasteiger partial charge on any atom is -0.446 e. The zero-order chi connectivity index (χ0) is 24.6. The Morgan fingerprint density at radius 3 is 2.37 bits per heavy atom. The molecule has 3 fully saturated rings. The van der Waals surface area contributed by atoms with Gasteiger partial charge in [-0.2, -0.15) is 0 Å². The number of hydrogen-bond acceptors (Lipinski definition) is 6. The lowest BCUT2D eigenvalue weighted by Gasteiger charge is -2.37. The number of rotatable bonds is 6. The van der Waals surface area contributed by atoms with Gasteiger partial charge in [0.25, 0.3) is 0 Å². The average Bonchev–Trinajstić information content (AvgIpc) is 3.48. The van der Waals surface area contributed by atoms with Crippen molar-refractivity contribution >= 4 is 15.9 Å². The summed E-state index contributed by atoms with van der Waals surface area (Å²) in [4.78, 5) is 21.8. The SMILES string of the molecule is CN(Cc1ccc(-c2ccc(S(C)(=O)=O)cc2)nc1)C1CCN(C(=O)OC2CC3CCC2C3)CC1. The van der Waals surface area contributed by atoms with Crippen LogP contribution >= 0.6 is 0 Å². The standard InChI is InChI=1S/C27H35N3O4S/c1-29(18-20-4-10-25(28-17-20)21-6-8-24(9-7-21)35(2,32)33)23-11-13-30(14-12-23)27(31)34-26-16-19-3-5-22(26)15-19/h4,6-10,17,19,22-23,26H,3,5,11-16,18H2,1-2H3. The Bertz CT molecular complexity index is 1140. The van der Waals surface area contributed by atoms with E-state index in [1.54, 1.807) is 24.3 Å². The average molecular weight is 498 g/mol. The Balaban J connectivity index is 1.10. The van der Waals surface area contributed by atoms with Crippen LogP contribution < -0.4 is 0 Å². The van der Waals surface area contributed by atoms with E-state index < -0.39 is 9.84 Å². The molecule has 7 nitrogen and oxygen atoms in total. The highest BCUT2D eigenvalue weighted by Crippen LogP contribution is 2.46. The molecule has 3 aliphatic rings. The highest BCUT2D eigenvalue weighted by molar-refractivity contribution is 7.90. The summed E-state index contributed by atoms with van der Waals surface area (Å²) < 4.78 is 29.2. The van der Waals surface area contributed by atoms with E-state index in [2.05, 4.69) is 23.0 Å². The third-order valence-corrected chi connectivity index (χ3v) is 9.23. The van der Waals surface area contributed by atoms with Gasteiger partial charge < -0.3 is 9.64 Å². The predicted molar refractivity (Wildman–Crippen MR) is 135 cm³/mol. The molecule has 3 unspecified atom stereocenters. The number of fused-ring (bicyclic) bond motifs is 2. The number of likely N-dealkylation sites (tertiary alicyclic amines) is 1. The molecule has 2 aliphatic carbocycles. The number of carbonyl (C=O) groups excluding carboxylic acids is 1. The predicted octanol–water partition coefficient (Wildman–Crippen LogP) is 4.37. The van der Waals surface area contributed by atoms with Gasteiger partial charge in [0.05, 0.1) is 10.6 Å². The van der Waals surface area contributed by atoms with Crippen LogP contribution in [0.2, 0.25) is 0 Å². The van der Waals surface area contributed by atoms with E-state index in [9.17, 15) is 13.2 Å². The Kier molecular flexibility index (Phi) is 6.86. The monoisotopic (exact) mass is 497 g/mol. The van der Waals surface area contributed by atoms with Gasteiger partial charge in [0.1, 0.15) is 6.10 Å². The lowest BCUT2D eigenvalue weighted by Crippen LogP contribution is -2.46. The van der Waals surface area contributed by atoms with Gasteiger partial charge in [-0.15, -0.1) is 0 Å². The van der Waals surface area contributed by atoms with Crippen LogP contribution in [-0.2, 0) is 21.1 Å². The van der Waals surface area contributed by atoms with E-state index in [1.165, 1.54) is 25.5 Å². The molecule has 35 heavy (non-hydrogen) atoms. The topological polar surface area (TPSA) is 79.8 Å². The Hall–Kier alpha value is -2.45. The largest absolute Gasteiger partial charge is 0.446 e. The van der Waals surface area contributed by atoms with E-state index in [0.29, 0.717) is 16.9 Å². The maximum absolute atomic E-state index is 12.7. The van der Waals surface area contributed by atoms with Gasteiger partial charge >= 0.3 is 6.09 Å². The number of sulfone groups is 1. The van der Waals surface area contributed by atoms with Crippen molar-refractivity contribution in [3.8, 4) is 11.3 Å². The van der Waals surface area contributed by atoms with Crippen LogP contribution in [0.5, 0.6) is 0 Å². The van der Waals surface area contributed by atoms with Gasteiger partial charge in [0.15, 0.2) is 9.84 Å². The van der Waals surface area contributed by atoms with Crippen LogP contribution in [0.4, 0.5) is 4.79 Å². The quantitative estimate of drug-likeness (QED) is 0.590. The maximum Gasteiger partial charge on any atom is 0.410 e. The first-order valence-electron chi connectivity index (χ1n) is 12.7. The molecule has 1 amide bonds. The number of ether oxygens (including phenoxy) is 1. The molecular weight excluding hydrogens is 462 g/mol. The van der Waals surface area contributed by atoms with Crippen LogP contribution in [0.25, 0.3) is 11.3 Å². The lowest BCUT2D eigenvalue weighted by atomic mass is 9.98. The molecule has 2 saturated carbocycles. The Labute approximate surface area is 208 Å². The number of hydrogen-bond donors (Lipinski definition) is 0. The van der Waals surface area contributed by atoms with Gasteiger partial charge in [0.2, 0.25) is 0 Å². The molecule has 5 rings (SSSR count). The number of benzene rings is 1. The van der Waals surface area contributed by atoms with Crippen molar-refractivity contribution in [2.24, 2.45) is 11.8 Å². The van der Waals surface area contributed by atoms with Crippen molar-refractivity contribution < 1.29 is 17.9 Å². The summed E-state index contributed by atoms with van der Waals surface area (Å²) in [6.45, 7) is 2.28. The first-order chi connectivity index (χ1) is 16.8. The zero-order valence-electron chi connectivity index (χ0n) is 20.6. The number of piperidine rings is 1. The fourth-order valence-corrected chi connectivity index (χ4v) is 6.63. The van der Waals surface area contributed by atoms with Gasteiger partial charge in [-0.05, 0) is 81.2 Å². The number of pyridine rings is 1. The van der Waals surface area contributed by atoms with Crippen molar-refractivity contribution in [3.63, 3.8) is 0 Å². The molecule has 0 spiro atoms. The summed E-state index contributed by atoms with van der Waals surface area (Å²) in [6.07, 6.45) is 9.86. The minimum atomic E-state index is -3.20. The van der Waals surface area contributed by atoms with Gasteiger partial charge in [-0.3, -0.25) is 9.88 Å². The first kappa shape index (κ1) is 24.3. The third-order valence-electron chi connectivity index (χ3n) is 8.11. The van der Waals surface area contributed by atoms with E-state index in [1.807, 2.05) is 17.2 Å². The van der Waals surface area contributed by atoms with Crippen molar-refractivity contribution in [3.05, 3.63) is 48.2 Å². The number of carbonyl (C=O) groups is 1.